The van der Waals surface area contributed by atoms with Gasteiger partial charge in [-0.3, -0.25) is 4.79 Å². The molecule has 0 saturated carbocycles. The normalized spacial score (nSPS) is 16.3. The molecule has 0 aliphatic carbocycles. The summed E-state index contributed by atoms with van der Waals surface area (Å²) in [6.07, 6.45) is 1.77. The Morgan fingerprint density at radius 3 is 2.94 bits per heavy atom. The minimum absolute atomic E-state index is 0.0486. The number of hydrogen-bond acceptors (Lipinski definition) is 5. The molecular formula is C23H22FN5O2. The summed E-state index contributed by atoms with van der Waals surface area (Å²) in [5, 5.41) is 13.1. The Hall–Kier alpha value is -3.39. The van der Waals surface area contributed by atoms with E-state index in [1.807, 2.05) is 31.2 Å². The standard InChI is InChI=1S/C23H22FN5O2/c1-15-8-9-16-12-17(22-25-26-27-29(22)21(16)11-15)13-28(14-18-5-4-10-31-18)23(30)19-6-2-3-7-20(19)24/h2-3,6-9,11-12,18H,4-5,10,13-14H2,1H3/t18-/m0/s1. The maximum absolute atomic E-state index is 14.4. The molecule has 0 bridgehead atoms. The molecule has 0 N–H and O–H groups in total. The number of rotatable bonds is 5. The summed E-state index contributed by atoms with van der Waals surface area (Å²) < 4.78 is 21.8. The number of amides is 1. The molecule has 1 aliphatic heterocycles. The van der Waals surface area contributed by atoms with Crippen LogP contribution in [-0.2, 0) is 11.3 Å². The van der Waals surface area contributed by atoms with Crippen molar-refractivity contribution in [2.45, 2.75) is 32.4 Å². The van der Waals surface area contributed by atoms with E-state index in [1.54, 1.807) is 21.5 Å². The third-order valence-electron chi connectivity index (χ3n) is 5.70. The Balaban J connectivity index is 1.56. The number of fused-ring (bicyclic) bond motifs is 3. The predicted octanol–water partition coefficient (Wildman–Crippen LogP) is 3.55. The Morgan fingerprint density at radius 2 is 2.13 bits per heavy atom. The van der Waals surface area contributed by atoms with Gasteiger partial charge in [0.05, 0.1) is 17.2 Å². The molecule has 158 valence electrons. The van der Waals surface area contributed by atoms with E-state index >= 15 is 0 Å². The van der Waals surface area contributed by atoms with Gasteiger partial charge in [-0.15, -0.1) is 5.10 Å². The molecule has 31 heavy (non-hydrogen) atoms. The van der Waals surface area contributed by atoms with Crippen molar-refractivity contribution in [1.82, 2.24) is 24.9 Å². The number of hydrogen-bond donors (Lipinski definition) is 0. The number of pyridine rings is 1. The van der Waals surface area contributed by atoms with Gasteiger partial charge in [0, 0.05) is 30.6 Å². The van der Waals surface area contributed by atoms with Crippen LogP contribution in [0.1, 0.15) is 34.3 Å². The second-order valence-corrected chi connectivity index (χ2v) is 7.95. The van der Waals surface area contributed by atoms with Crippen LogP contribution >= 0.6 is 0 Å². The van der Waals surface area contributed by atoms with Crippen molar-refractivity contribution in [3.05, 3.63) is 71.0 Å². The van der Waals surface area contributed by atoms with Crippen molar-refractivity contribution >= 4 is 22.5 Å². The van der Waals surface area contributed by atoms with E-state index in [0.29, 0.717) is 18.8 Å². The summed E-state index contributed by atoms with van der Waals surface area (Å²) in [4.78, 5) is 14.9. The monoisotopic (exact) mass is 419 g/mol. The molecule has 1 fully saturated rings. The SMILES string of the molecule is Cc1ccc2cc(CN(C[C@@H]3CCCO3)C(=O)c3ccccc3F)c3nnnn3c2c1. The van der Waals surface area contributed by atoms with Gasteiger partial charge in [0.25, 0.3) is 5.91 Å². The number of ether oxygens (including phenoxy) is 1. The van der Waals surface area contributed by atoms with Crippen LogP contribution in [0.25, 0.3) is 16.6 Å². The van der Waals surface area contributed by atoms with Gasteiger partial charge in [-0.05, 0) is 60.0 Å². The lowest BCUT2D eigenvalue weighted by Gasteiger charge is -2.26. The molecular weight excluding hydrogens is 397 g/mol. The Labute approximate surface area is 178 Å². The molecule has 0 spiro atoms. The molecule has 1 saturated heterocycles. The Bertz CT molecular complexity index is 1270. The highest BCUT2D eigenvalue weighted by atomic mass is 19.1. The minimum Gasteiger partial charge on any atom is -0.376 e. The van der Waals surface area contributed by atoms with Crippen molar-refractivity contribution in [3.63, 3.8) is 0 Å². The molecule has 4 aromatic rings. The predicted molar refractivity (Wildman–Crippen MR) is 113 cm³/mol. The smallest absolute Gasteiger partial charge is 0.257 e. The zero-order chi connectivity index (χ0) is 21.4. The van der Waals surface area contributed by atoms with E-state index in [0.717, 1.165) is 34.9 Å². The van der Waals surface area contributed by atoms with Gasteiger partial charge in [-0.25, -0.2) is 4.39 Å². The molecule has 0 unspecified atom stereocenters. The van der Waals surface area contributed by atoms with Gasteiger partial charge in [0.1, 0.15) is 5.82 Å². The van der Waals surface area contributed by atoms with Crippen molar-refractivity contribution in [2.24, 2.45) is 0 Å². The van der Waals surface area contributed by atoms with Crippen LogP contribution in [0.5, 0.6) is 0 Å². The summed E-state index contributed by atoms with van der Waals surface area (Å²) in [5.41, 5.74) is 3.43. The highest BCUT2D eigenvalue weighted by Gasteiger charge is 2.26. The van der Waals surface area contributed by atoms with Crippen LogP contribution in [0.2, 0.25) is 0 Å². The fourth-order valence-electron chi connectivity index (χ4n) is 4.14. The number of aromatic nitrogens is 4. The van der Waals surface area contributed by atoms with Crippen molar-refractivity contribution in [1.29, 1.82) is 0 Å². The third kappa shape index (κ3) is 3.74. The topological polar surface area (TPSA) is 72.6 Å². The van der Waals surface area contributed by atoms with Crippen LogP contribution in [0.4, 0.5) is 4.39 Å². The first-order valence-corrected chi connectivity index (χ1v) is 10.4. The van der Waals surface area contributed by atoms with E-state index in [1.165, 1.54) is 12.1 Å². The average molecular weight is 419 g/mol. The van der Waals surface area contributed by atoms with Crippen LogP contribution in [-0.4, -0.2) is 50.1 Å². The van der Waals surface area contributed by atoms with Crippen molar-refractivity contribution in [3.8, 4) is 0 Å². The number of carbonyl (C=O) groups excluding carboxylic acids is 1. The second kappa shape index (κ2) is 8.03. The largest absolute Gasteiger partial charge is 0.376 e. The number of aryl methyl sites for hydroxylation is 1. The lowest BCUT2D eigenvalue weighted by atomic mass is 10.1. The third-order valence-corrected chi connectivity index (χ3v) is 5.70. The highest BCUT2D eigenvalue weighted by Crippen LogP contribution is 2.24. The zero-order valence-corrected chi connectivity index (χ0v) is 17.2. The van der Waals surface area contributed by atoms with Crippen molar-refractivity contribution in [2.75, 3.05) is 13.2 Å². The molecule has 8 heteroatoms. The van der Waals surface area contributed by atoms with Crippen LogP contribution in [0.15, 0.2) is 48.5 Å². The number of tetrazole rings is 1. The van der Waals surface area contributed by atoms with E-state index in [4.69, 9.17) is 4.74 Å². The first-order chi connectivity index (χ1) is 15.1. The number of halogens is 1. The van der Waals surface area contributed by atoms with Crippen LogP contribution in [0.3, 0.4) is 0 Å². The molecule has 5 rings (SSSR count). The molecule has 1 atom stereocenters. The summed E-state index contributed by atoms with van der Waals surface area (Å²) in [5.74, 6) is -0.906. The van der Waals surface area contributed by atoms with Gasteiger partial charge in [0.15, 0.2) is 5.65 Å². The summed E-state index contributed by atoms with van der Waals surface area (Å²) in [6.45, 7) is 3.33. The molecule has 2 aromatic carbocycles. The first kappa shape index (κ1) is 19.6. The quantitative estimate of drug-likeness (QED) is 0.495. The molecule has 0 radical (unpaired) electrons. The summed E-state index contributed by atoms with van der Waals surface area (Å²) >= 11 is 0. The average Bonchev–Trinajstić information content (AvgIpc) is 3.46. The van der Waals surface area contributed by atoms with Crippen LogP contribution < -0.4 is 0 Å². The fourth-order valence-corrected chi connectivity index (χ4v) is 4.14. The van der Waals surface area contributed by atoms with Gasteiger partial charge in [0.2, 0.25) is 0 Å². The highest BCUT2D eigenvalue weighted by molar-refractivity contribution is 5.94. The second-order valence-electron chi connectivity index (χ2n) is 7.95. The van der Waals surface area contributed by atoms with Gasteiger partial charge in [-0.2, -0.15) is 4.52 Å². The van der Waals surface area contributed by atoms with E-state index in [2.05, 4.69) is 15.5 Å². The summed E-state index contributed by atoms with van der Waals surface area (Å²) in [7, 11) is 0. The number of carbonyl (C=O) groups is 1. The maximum atomic E-state index is 14.4. The van der Waals surface area contributed by atoms with E-state index in [-0.39, 0.29) is 24.1 Å². The van der Waals surface area contributed by atoms with Crippen LogP contribution in [0, 0.1) is 12.7 Å². The lowest BCUT2D eigenvalue weighted by molar-refractivity contribution is 0.0504. The van der Waals surface area contributed by atoms with Gasteiger partial charge in [-0.1, -0.05) is 24.3 Å². The van der Waals surface area contributed by atoms with E-state index in [9.17, 15) is 9.18 Å². The fraction of sp³-hybridized carbons (Fsp3) is 0.304. The van der Waals surface area contributed by atoms with Gasteiger partial charge >= 0.3 is 0 Å². The Morgan fingerprint density at radius 1 is 1.26 bits per heavy atom. The lowest BCUT2D eigenvalue weighted by Crippen LogP contribution is -2.37. The molecule has 3 heterocycles. The molecule has 2 aromatic heterocycles. The summed E-state index contributed by atoms with van der Waals surface area (Å²) in [6, 6.07) is 14.1. The number of benzene rings is 2. The van der Waals surface area contributed by atoms with Crippen molar-refractivity contribution < 1.29 is 13.9 Å². The molecule has 1 aliphatic rings. The maximum Gasteiger partial charge on any atom is 0.257 e. The minimum atomic E-state index is -0.534. The molecule has 7 nitrogen and oxygen atoms in total. The first-order valence-electron chi connectivity index (χ1n) is 10.4. The Kier molecular flexibility index (Phi) is 5.07. The molecule has 1 amide bonds. The zero-order valence-electron chi connectivity index (χ0n) is 17.2. The van der Waals surface area contributed by atoms with Gasteiger partial charge < -0.3 is 9.64 Å². The number of nitrogens with zero attached hydrogens (tertiary/aromatic N) is 5. The van der Waals surface area contributed by atoms with E-state index < -0.39 is 5.82 Å².